The van der Waals surface area contributed by atoms with E-state index in [-0.39, 0.29) is 5.91 Å². The van der Waals surface area contributed by atoms with Gasteiger partial charge < -0.3 is 9.80 Å². The molecule has 1 fully saturated rings. The predicted octanol–water partition coefficient (Wildman–Crippen LogP) is 1.87. The Morgan fingerprint density at radius 3 is 2.61 bits per heavy atom. The summed E-state index contributed by atoms with van der Waals surface area (Å²) >= 11 is 0. The van der Waals surface area contributed by atoms with E-state index >= 15 is 0 Å². The molecule has 1 aliphatic rings. The van der Waals surface area contributed by atoms with Crippen LogP contribution in [-0.2, 0) is 4.79 Å². The van der Waals surface area contributed by atoms with Crippen LogP contribution in [0.15, 0.2) is 18.3 Å². The van der Waals surface area contributed by atoms with Crippen molar-refractivity contribution in [3.63, 3.8) is 0 Å². The highest BCUT2D eigenvalue weighted by Crippen LogP contribution is 2.18. The van der Waals surface area contributed by atoms with Gasteiger partial charge in [0.2, 0.25) is 5.91 Å². The van der Waals surface area contributed by atoms with Gasteiger partial charge in [-0.2, -0.15) is 0 Å². The van der Waals surface area contributed by atoms with Crippen molar-refractivity contribution in [3.8, 4) is 0 Å². The molecule has 0 spiro atoms. The van der Waals surface area contributed by atoms with Gasteiger partial charge in [-0.1, -0.05) is 19.9 Å². The molecule has 98 valence electrons. The second kappa shape index (κ2) is 5.38. The lowest BCUT2D eigenvalue weighted by molar-refractivity contribution is -0.130. The molecule has 0 N–H and O–H groups in total. The zero-order chi connectivity index (χ0) is 13.1. The molecule has 0 aliphatic carbocycles. The maximum absolute atomic E-state index is 11.8. The summed E-state index contributed by atoms with van der Waals surface area (Å²) < 4.78 is 0. The van der Waals surface area contributed by atoms with Gasteiger partial charge in [0, 0.05) is 25.8 Å². The molecule has 4 heteroatoms. The quantitative estimate of drug-likeness (QED) is 0.818. The molecular formula is C14H21N3O. The molecule has 0 aromatic carbocycles. The number of pyridine rings is 1. The fourth-order valence-corrected chi connectivity index (χ4v) is 2.16. The van der Waals surface area contributed by atoms with Crippen LogP contribution in [0.2, 0.25) is 0 Å². The standard InChI is InChI=1S/C14H21N3O/c1-4-16-7-8-17(10-14(16)18)13-6-5-12(9-15-13)11(2)3/h5-6,9,11H,4,7-8,10H2,1-3H3. The van der Waals surface area contributed by atoms with Crippen LogP contribution in [0.25, 0.3) is 0 Å². The zero-order valence-corrected chi connectivity index (χ0v) is 11.4. The monoisotopic (exact) mass is 247 g/mol. The van der Waals surface area contributed by atoms with Gasteiger partial charge >= 0.3 is 0 Å². The average molecular weight is 247 g/mol. The van der Waals surface area contributed by atoms with Gasteiger partial charge in [-0.3, -0.25) is 4.79 Å². The number of carbonyl (C=O) groups excluding carboxylic acids is 1. The molecule has 1 saturated heterocycles. The Morgan fingerprint density at radius 1 is 1.33 bits per heavy atom. The smallest absolute Gasteiger partial charge is 0.242 e. The Labute approximate surface area is 109 Å². The van der Waals surface area contributed by atoms with Crippen molar-refractivity contribution in [2.45, 2.75) is 26.7 Å². The lowest BCUT2D eigenvalue weighted by Gasteiger charge is -2.34. The second-order valence-corrected chi connectivity index (χ2v) is 5.00. The maximum atomic E-state index is 11.8. The van der Waals surface area contributed by atoms with Crippen molar-refractivity contribution in [1.29, 1.82) is 0 Å². The average Bonchev–Trinajstić information content (AvgIpc) is 2.38. The van der Waals surface area contributed by atoms with Crippen LogP contribution in [0.3, 0.4) is 0 Å². The molecule has 1 aromatic heterocycles. The summed E-state index contributed by atoms with van der Waals surface area (Å²) in [5, 5.41) is 0. The van der Waals surface area contributed by atoms with Gasteiger partial charge in [0.25, 0.3) is 0 Å². The SMILES string of the molecule is CCN1CCN(c2ccc(C(C)C)cn2)CC1=O. The van der Waals surface area contributed by atoms with Crippen molar-refractivity contribution >= 4 is 11.7 Å². The van der Waals surface area contributed by atoms with Crippen LogP contribution in [0.4, 0.5) is 5.82 Å². The van der Waals surface area contributed by atoms with E-state index in [0.29, 0.717) is 12.5 Å². The minimum Gasteiger partial charge on any atom is -0.346 e. The number of piperazine rings is 1. The molecule has 0 unspecified atom stereocenters. The topological polar surface area (TPSA) is 36.4 Å². The third kappa shape index (κ3) is 2.63. The Balaban J connectivity index is 2.06. The van der Waals surface area contributed by atoms with Crippen LogP contribution in [-0.4, -0.2) is 42.0 Å². The van der Waals surface area contributed by atoms with Gasteiger partial charge in [-0.25, -0.2) is 4.98 Å². The molecular weight excluding hydrogens is 226 g/mol. The molecule has 1 aliphatic heterocycles. The van der Waals surface area contributed by atoms with Gasteiger partial charge in [0.05, 0.1) is 6.54 Å². The highest BCUT2D eigenvalue weighted by Gasteiger charge is 2.23. The number of hydrogen-bond acceptors (Lipinski definition) is 3. The van der Waals surface area contributed by atoms with E-state index in [0.717, 1.165) is 25.5 Å². The minimum atomic E-state index is 0.193. The van der Waals surface area contributed by atoms with Gasteiger partial charge in [-0.05, 0) is 24.5 Å². The first-order valence-electron chi connectivity index (χ1n) is 6.60. The number of anilines is 1. The number of aromatic nitrogens is 1. The number of likely N-dealkylation sites (N-methyl/N-ethyl adjacent to an activating group) is 1. The van der Waals surface area contributed by atoms with Gasteiger partial charge in [-0.15, -0.1) is 0 Å². The van der Waals surface area contributed by atoms with E-state index in [1.807, 2.05) is 24.1 Å². The molecule has 0 radical (unpaired) electrons. The first kappa shape index (κ1) is 12.9. The molecule has 0 bridgehead atoms. The fraction of sp³-hybridized carbons (Fsp3) is 0.571. The highest BCUT2D eigenvalue weighted by atomic mass is 16.2. The largest absolute Gasteiger partial charge is 0.346 e. The first-order chi connectivity index (χ1) is 8.61. The van der Waals surface area contributed by atoms with E-state index in [1.165, 1.54) is 5.56 Å². The predicted molar refractivity (Wildman–Crippen MR) is 72.8 cm³/mol. The fourth-order valence-electron chi connectivity index (χ4n) is 2.16. The van der Waals surface area contributed by atoms with Crippen LogP contribution >= 0.6 is 0 Å². The summed E-state index contributed by atoms with van der Waals surface area (Å²) in [4.78, 5) is 20.2. The van der Waals surface area contributed by atoms with Gasteiger partial charge in [0.15, 0.2) is 0 Å². The molecule has 0 atom stereocenters. The Morgan fingerprint density at radius 2 is 2.11 bits per heavy atom. The van der Waals surface area contributed by atoms with Crippen molar-refractivity contribution in [1.82, 2.24) is 9.88 Å². The molecule has 2 heterocycles. The summed E-state index contributed by atoms with van der Waals surface area (Å²) in [5.74, 6) is 1.59. The molecule has 1 aromatic rings. The number of rotatable bonds is 3. The molecule has 1 amide bonds. The number of amides is 1. The Kier molecular flexibility index (Phi) is 3.84. The van der Waals surface area contributed by atoms with Crippen LogP contribution in [0.5, 0.6) is 0 Å². The summed E-state index contributed by atoms with van der Waals surface area (Å²) in [6, 6.07) is 4.12. The van der Waals surface area contributed by atoms with E-state index in [9.17, 15) is 4.79 Å². The van der Waals surface area contributed by atoms with Crippen molar-refractivity contribution < 1.29 is 4.79 Å². The normalized spacial score (nSPS) is 16.6. The van der Waals surface area contributed by atoms with Gasteiger partial charge in [0.1, 0.15) is 5.82 Å². The molecule has 2 rings (SSSR count). The summed E-state index contributed by atoms with van der Waals surface area (Å²) in [7, 11) is 0. The van der Waals surface area contributed by atoms with Crippen LogP contribution in [0, 0.1) is 0 Å². The third-order valence-electron chi connectivity index (χ3n) is 3.46. The first-order valence-corrected chi connectivity index (χ1v) is 6.60. The molecule has 4 nitrogen and oxygen atoms in total. The Hall–Kier alpha value is -1.58. The number of carbonyl (C=O) groups is 1. The van der Waals surface area contributed by atoms with E-state index in [1.54, 1.807) is 0 Å². The van der Waals surface area contributed by atoms with Crippen molar-refractivity contribution in [2.24, 2.45) is 0 Å². The lowest BCUT2D eigenvalue weighted by Crippen LogP contribution is -2.50. The highest BCUT2D eigenvalue weighted by molar-refractivity contribution is 5.82. The second-order valence-electron chi connectivity index (χ2n) is 5.00. The molecule has 18 heavy (non-hydrogen) atoms. The van der Waals surface area contributed by atoms with E-state index in [4.69, 9.17) is 0 Å². The summed E-state index contributed by atoms with van der Waals surface area (Å²) in [6.07, 6.45) is 1.91. The summed E-state index contributed by atoms with van der Waals surface area (Å²) in [6.45, 7) is 9.23. The van der Waals surface area contributed by atoms with Crippen LogP contribution < -0.4 is 4.90 Å². The zero-order valence-electron chi connectivity index (χ0n) is 11.4. The minimum absolute atomic E-state index is 0.193. The van der Waals surface area contributed by atoms with E-state index < -0.39 is 0 Å². The lowest BCUT2D eigenvalue weighted by atomic mass is 10.1. The Bertz CT molecular complexity index is 414. The van der Waals surface area contributed by atoms with E-state index in [2.05, 4.69) is 29.8 Å². The summed E-state index contributed by atoms with van der Waals surface area (Å²) in [5.41, 5.74) is 1.23. The number of hydrogen-bond donors (Lipinski definition) is 0. The van der Waals surface area contributed by atoms with Crippen molar-refractivity contribution in [3.05, 3.63) is 23.9 Å². The maximum Gasteiger partial charge on any atom is 0.242 e. The third-order valence-corrected chi connectivity index (χ3v) is 3.46. The van der Waals surface area contributed by atoms with Crippen molar-refractivity contribution in [2.75, 3.05) is 31.1 Å². The van der Waals surface area contributed by atoms with Crippen LogP contribution in [0.1, 0.15) is 32.3 Å². The molecule has 0 saturated carbocycles. The number of nitrogens with zero attached hydrogens (tertiary/aromatic N) is 3.